The quantitative estimate of drug-likeness (QED) is 0.139. The third-order valence-electron chi connectivity index (χ3n) is 6.20. The number of carbonyl (C=O) groups excluding carboxylic acids is 1. The molecule has 1 amide bonds. The smallest absolute Gasteiger partial charge is 0.243 e. The molecule has 1 heterocycles. The Kier molecular flexibility index (Phi) is 9.06. The molecule has 7 heteroatoms. The normalized spacial score (nSPS) is 12.2. The molecule has 3 aromatic carbocycles. The molecule has 3 N–H and O–H groups in total. The molecule has 0 bridgehead atoms. The van der Waals surface area contributed by atoms with Crippen molar-refractivity contribution in [3.8, 4) is 5.75 Å². The van der Waals surface area contributed by atoms with Gasteiger partial charge in [0.25, 0.3) is 0 Å². The Balaban J connectivity index is 1.60. The maximum Gasteiger partial charge on any atom is 0.243 e. The second-order valence-electron chi connectivity index (χ2n) is 9.17. The number of H-pyrrole nitrogens is 1. The number of rotatable bonds is 11. The molecule has 0 atom stereocenters. The van der Waals surface area contributed by atoms with Crippen LogP contribution in [0.15, 0.2) is 84.9 Å². The molecule has 0 fully saturated rings. The lowest BCUT2D eigenvalue weighted by Crippen LogP contribution is -2.21. The summed E-state index contributed by atoms with van der Waals surface area (Å²) in [5.74, 6) is 0.419. The fraction of sp³-hybridized carbons (Fsp3) is 0.226. The third kappa shape index (κ3) is 6.55. The van der Waals surface area contributed by atoms with Crippen molar-refractivity contribution in [2.45, 2.75) is 13.8 Å². The van der Waals surface area contributed by atoms with Gasteiger partial charge in [-0.1, -0.05) is 68.5 Å². The van der Waals surface area contributed by atoms with Crippen molar-refractivity contribution in [1.29, 1.82) is 0 Å². The summed E-state index contributed by atoms with van der Waals surface area (Å²) in [7, 11) is 1.60. The maximum absolute atomic E-state index is 14.4. The number of aromatic amines is 1. The van der Waals surface area contributed by atoms with Crippen LogP contribution in [0, 0.1) is 11.9 Å². The van der Waals surface area contributed by atoms with Gasteiger partial charge in [-0.15, -0.1) is 0 Å². The highest BCUT2D eigenvalue weighted by atomic mass is 19.1. The van der Waals surface area contributed by atoms with Gasteiger partial charge in [0, 0.05) is 26.2 Å². The monoisotopic (exact) mass is 512 g/mol. The number of amides is 1. The first-order chi connectivity index (χ1) is 18.5. The molecule has 0 saturated carbocycles. The van der Waals surface area contributed by atoms with Gasteiger partial charge in [0.2, 0.25) is 11.9 Å². The minimum Gasteiger partial charge on any atom is -0.492 e. The minimum atomic E-state index is -0.437. The van der Waals surface area contributed by atoms with Gasteiger partial charge in [0.05, 0.1) is 10.9 Å². The second kappa shape index (κ2) is 12.8. The first kappa shape index (κ1) is 26.8. The summed E-state index contributed by atoms with van der Waals surface area (Å²) < 4.78 is 20.3. The van der Waals surface area contributed by atoms with Crippen LogP contribution in [0.5, 0.6) is 5.75 Å². The highest BCUT2D eigenvalue weighted by molar-refractivity contribution is 6.01. The summed E-state index contributed by atoms with van der Waals surface area (Å²) in [6, 6.07) is 24.0. The Hall–Kier alpha value is -4.23. The van der Waals surface area contributed by atoms with E-state index in [0.717, 1.165) is 28.0 Å². The van der Waals surface area contributed by atoms with Crippen LogP contribution in [-0.2, 0) is 4.79 Å². The second-order valence-corrected chi connectivity index (χ2v) is 9.17. The summed E-state index contributed by atoms with van der Waals surface area (Å²) in [5.41, 5.74) is 5.89. The Bertz CT molecular complexity index is 1420. The van der Waals surface area contributed by atoms with Crippen LogP contribution in [0.2, 0.25) is 0 Å². The molecule has 0 aliphatic rings. The number of nitrogens with one attached hydrogen (secondary N) is 3. The average Bonchev–Trinajstić information content (AvgIpc) is 3.31. The zero-order valence-corrected chi connectivity index (χ0v) is 21.9. The van der Waals surface area contributed by atoms with Gasteiger partial charge in [0.15, 0.2) is 0 Å². The number of benzene rings is 3. The molecule has 1 aromatic heterocycles. The molecule has 38 heavy (non-hydrogen) atoms. The third-order valence-corrected chi connectivity index (χ3v) is 6.20. The number of hydrogen-bond acceptors (Lipinski definition) is 4. The predicted molar refractivity (Wildman–Crippen MR) is 151 cm³/mol. The summed E-state index contributed by atoms with van der Waals surface area (Å²) in [6.07, 6.45) is 3.27. The number of likely N-dealkylation sites (N-methyl/N-ethyl adjacent to an activating group) is 1. The van der Waals surface area contributed by atoms with Gasteiger partial charge in [0.1, 0.15) is 12.4 Å². The summed E-state index contributed by atoms with van der Waals surface area (Å²) in [6.45, 7) is 6.07. The highest BCUT2D eigenvalue weighted by Gasteiger charge is 2.18. The van der Waals surface area contributed by atoms with Crippen LogP contribution in [-0.4, -0.2) is 42.8 Å². The van der Waals surface area contributed by atoms with Crippen molar-refractivity contribution >= 4 is 28.0 Å². The van der Waals surface area contributed by atoms with Crippen molar-refractivity contribution in [3.63, 3.8) is 0 Å². The lowest BCUT2D eigenvalue weighted by atomic mass is 9.84. The van der Waals surface area contributed by atoms with Crippen molar-refractivity contribution in [2.24, 2.45) is 5.92 Å². The molecular formula is C31H33FN4O2. The number of nitrogens with zero attached hydrogens (tertiary/aromatic N) is 1. The predicted octanol–water partition coefficient (Wildman–Crippen LogP) is 5.59. The number of hydrogen-bond donors (Lipinski definition) is 3. The van der Waals surface area contributed by atoms with E-state index in [4.69, 9.17) is 4.74 Å². The molecule has 0 unspecified atom stereocenters. The van der Waals surface area contributed by atoms with E-state index in [1.807, 2.05) is 60.7 Å². The van der Waals surface area contributed by atoms with Gasteiger partial charge >= 0.3 is 0 Å². The van der Waals surface area contributed by atoms with E-state index >= 15 is 0 Å². The van der Waals surface area contributed by atoms with E-state index < -0.39 is 5.95 Å². The van der Waals surface area contributed by atoms with Crippen LogP contribution < -0.4 is 15.4 Å². The first-order valence-corrected chi connectivity index (χ1v) is 12.7. The van der Waals surface area contributed by atoms with Gasteiger partial charge in [-0.3, -0.25) is 9.89 Å². The topological polar surface area (TPSA) is 79.0 Å². The van der Waals surface area contributed by atoms with Gasteiger partial charge in [-0.05, 0) is 58.0 Å². The van der Waals surface area contributed by atoms with Crippen LogP contribution in [0.25, 0.3) is 22.0 Å². The van der Waals surface area contributed by atoms with Crippen molar-refractivity contribution in [3.05, 3.63) is 108 Å². The SMILES string of the molecule is CNC(=O)/C=C/CNCCOc1ccc(/C(=C(\c2ccccc2)C(C)C)c2ccc3n[nH]c(F)c3c2)cc1. The molecule has 0 aliphatic heterocycles. The zero-order valence-electron chi connectivity index (χ0n) is 21.9. The number of allylic oxidation sites excluding steroid dienone is 1. The molecule has 0 radical (unpaired) electrons. The minimum absolute atomic E-state index is 0.126. The van der Waals surface area contributed by atoms with Crippen molar-refractivity contribution < 1.29 is 13.9 Å². The molecular weight excluding hydrogens is 479 g/mol. The standard InChI is InChI=1S/C31H33FN4O2/c1-21(2)29(22-8-5-4-6-9-22)30(24-13-16-27-26(20-24)31(32)36-35-27)23-11-14-25(15-12-23)38-19-18-34-17-7-10-28(37)33-3/h4-16,20-21,34H,17-19H2,1-3H3,(H,33,37)(H,35,36)/b10-7+,30-29+. The molecule has 4 rings (SSSR count). The Morgan fingerprint density at radius 1 is 1.03 bits per heavy atom. The lowest BCUT2D eigenvalue weighted by Gasteiger charge is -2.20. The fourth-order valence-electron chi connectivity index (χ4n) is 4.39. The molecule has 0 spiro atoms. The summed E-state index contributed by atoms with van der Waals surface area (Å²) in [4.78, 5) is 11.2. The highest BCUT2D eigenvalue weighted by Crippen LogP contribution is 2.38. The Morgan fingerprint density at radius 2 is 1.76 bits per heavy atom. The lowest BCUT2D eigenvalue weighted by molar-refractivity contribution is -0.116. The summed E-state index contributed by atoms with van der Waals surface area (Å²) >= 11 is 0. The van der Waals surface area contributed by atoms with E-state index in [1.54, 1.807) is 13.1 Å². The van der Waals surface area contributed by atoms with Crippen molar-refractivity contribution in [1.82, 2.24) is 20.8 Å². The zero-order chi connectivity index (χ0) is 26.9. The van der Waals surface area contributed by atoms with Crippen LogP contribution in [0.4, 0.5) is 4.39 Å². The van der Waals surface area contributed by atoms with E-state index in [-0.39, 0.29) is 11.8 Å². The van der Waals surface area contributed by atoms with E-state index in [0.29, 0.717) is 30.6 Å². The maximum atomic E-state index is 14.4. The molecule has 6 nitrogen and oxygen atoms in total. The number of carbonyl (C=O) groups is 1. The molecule has 196 valence electrons. The van der Waals surface area contributed by atoms with Gasteiger partial charge in [-0.25, -0.2) is 0 Å². The number of halogens is 1. The summed E-state index contributed by atoms with van der Waals surface area (Å²) in [5, 5.41) is 12.7. The van der Waals surface area contributed by atoms with Gasteiger partial charge in [-0.2, -0.15) is 9.49 Å². The Labute approximate surface area is 222 Å². The van der Waals surface area contributed by atoms with E-state index in [2.05, 4.69) is 46.8 Å². The first-order valence-electron chi connectivity index (χ1n) is 12.7. The fourth-order valence-corrected chi connectivity index (χ4v) is 4.39. The number of aromatic nitrogens is 2. The average molecular weight is 513 g/mol. The van der Waals surface area contributed by atoms with E-state index in [9.17, 15) is 9.18 Å². The molecule has 0 saturated heterocycles. The molecule has 0 aliphatic carbocycles. The van der Waals surface area contributed by atoms with E-state index in [1.165, 1.54) is 11.6 Å². The Morgan fingerprint density at radius 3 is 2.47 bits per heavy atom. The van der Waals surface area contributed by atoms with Crippen LogP contribution >= 0.6 is 0 Å². The number of ether oxygens (including phenoxy) is 1. The largest absolute Gasteiger partial charge is 0.492 e. The van der Waals surface area contributed by atoms with Crippen molar-refractivity contribution in [2.75, 3.05) is 26.7 Å². The van der Waals surface area contributed by atoms with Crippen LogP contribution in [0.3, 0.4) is 0 Å². The molecule has 4 aromatic rings. The number of fused-ring (bicyclic) bond motifs is 1. The van der Waals surface area contributed by atoms with Gasteiger partial charge < -0.3 is 15.4 Å². The van der Waals surface area contributed by atoms with Crippen LogP contribution in [0.1, 0.15) is 30.5 Å².